The van der Waals surface area contributed by atoms with E-state index in [4.69, 9.17) is 5.73 Å². The van der Waals surface area contributed by atoms with Gasteiger partial charge in [0.2, 0.25) is 0 Å². The first-order valence-corrected chi connectivity index (χ1v) is 9.30. The van der Waals surface area contributed by atoms with Crippen LogP contribution in [0.3, 0.4) is 0 Å². The van der Waals surface area contributed by atoms with Crippen molar-refractivity contribution in [3.05, 3.63) is 76.9 Å². The highest BCUT2D eigenvalue weighted by atomic mass is 19.4. The summed E-state index contributed by atoms with van der Waals surface area (Å²) >= 11 is 0. The number of allylic oxidation sites excluding steroid dienone is 5. The molecule has 1 heterocycles. The van der Waals surface area contributed by atoms with Crippen molar-refractivity contribution in [2.24, 2.45) is 5.73 Å². The van der Waals surface area contributed by atoms with Gasteiger partial charge in [0.1, 0.15) is 12.2 Å². The van der Waals surface area contributed by atoms with Gasteiger partial charge in [-0.1, -0.05) is 18.2 Å². The summed E-state index contributed by atoms with van der Waals surface area (Å²) < 4.78 is 93.4. The van der Waals surface area contributed by atoms with Crippen LogP contribution in [0.4, 0.5) is 30.7 Å². The van der Waals surface area contributed by atoms with Gasteiger partial charge in [-0.3, -0.25) is 4.79 Å². The van der Waals surface area contributed by atoms with Crippen LogP contribution in [0.1, 0.15) is 24.0 Å². The highest BCUT2D eigenvalue weighted by Gasteiger charge is 2.37. The van der Waals surface area contributed by atoms with Gasteiger partial charge < -0.3 is 5.73 Å². The van der Waals surface area contributed by atoms with E-state index in [1.54, 1.807) is 12.2 Å². The minimum atomic E-state index is -5.04. The zero-order chi connectivity index (χ0) is 24.4. The molecule has 1 aromatic heterocycles. The van der Waals surface area contributed by atoms with Crippen LogP contribution in [0.5, 0.6) is 0 Å². The summed E-state index contributed by atoms with van der Waals surface area (Å²) in [5, 5.41) is 3.83. The zero-order valence-electron chi connectivity index (χ0n) is 16.6. The lowest BCUT2D eigenvalue weighted by molar-refractivity contribution is -0.143. The normalized spacial score (nSPS) is 19.7. The third-order valence-corrected chi connectivity index (χ3v) is 4.47. The molecule has 0 atom stereocenters. The van der Waals surface area contributed by atoms with E-state index >= 15 is 0 Å². The SMILES string of the molecule is NC(=O)C(=C/n1cnc(-c2cc(C(F)(F)F)cc(C(F)(F)F)c2)n1)/C1=C/C=C\CC/C(F)=C\1. The van der Waals surface area contributed by atoms with Crippen LogP contribution < -0.4 is 5.73 Å². The Morgan fingerprint density at radius 3 is 2.27 bits per heavy atom. The standard InChI is InChI=1S/C21H15F7N4O/c22-16-5-3-1-2-4-12(8-16)17(18(29)33)10-32-11-30-19(31-32)13-6-14(20(23,24)25)9-15(7-13)21(26,27)28/h1-2,4,6-11H,3,5H2,(H2,29,33)/b2-1-,12-4+,16-8+,17-10+. The number of halogens is 7. The van der Waals surface area contributed by atoms with Gasteiger partial charge in [-0.2, -0.15) is 26.3 Å². The van der Waals surface area contributed by atoms with Crippen LogP contribution in [-0.4, -0.2) is 20.7 Å². The minimum absolute atomic E-state index is 0.0128. The van der Waals surface area contributed by atoms with E-state index in [0.29, 0.717) is 18.6 Å². The molecule has 1 aromatic carbocycles. The van der Waals surface area contributed by atoms with Crippen LogP contribution in [0.25, 0.3) is 17.6 Å². The molecule has 0 saturated heterocycles. The lowest BCUT2D eigenvalue weighted by Crippen LogP contribution is -2.16. The van der Waals surface area contributed by atoms with Gasteiger partial charge >= 0.3 is 12.4 Å². The molecule has 3 rings (SSSR count). The number of nitrogens with two attached hydrogens (primary N) is 1. The number of carbonyl (C=O) groups excluding carboxylic acids is 1. The summed E-state index contributed by atoms with van der Waals surface area (Å²) in [6, 6.07) is 0.947. The fourth-order valence-electron chi connectivity index (χ4n) is 2.91. The Labute approximate surface area is 182 Å². The first-order chi connectivity index (χ1) is 15.3. The van der Waals surface area contributed by atoms with E-state index in [1.165, 1.54) is 6.08 Å². The quantitative estimate of drug-likeness (QED) is 0.476. The van der Waals surface area contributed by atoms with Crippen molar-refractivity contribution in [3.63, 3.8) is 0 Å². The maximum atomic E-state index is 13.9. The second-order valence-electron chi connectivity index (χ2n) is 6.93. The van der Waals surface area contributed by atoms with Crippen molar-refractivity contribution in [3.8, 4) is 11.4 Å². The van der Waals surface area contributed by atoms with Gasteiger partial charge in [-0.25, -0.2) is 14.1 Å². The van der Waals surface area contributed by atoms with Crippen LogP contribution in [0.2, 0.25) is 0 Å². The van der Waals surface area contributed by atoms with Crippen LogP contribution >= 0.6 is 0 Å². The molecule has 1 aliphatic carbocycles. The second kappa shape index (κ2) is 9.04. The molecule has 0 saturated carbocycles. The molecule has 2 N–H and O–H groups in total. The lowest BCUT2D eigenvalue weighted by atomic mass is 10.0. The molecule has 1 aliphatic rings. The first kappa shape index (κ1) is 24.0. The van der Waals surface area contributed by atoms with Crippen molar-refractivity contribution in [2.45, 2.75) is 25.2 Å². The molecule has 5 nitrogen and oxygen atoms in total. The number of hydrogen-bond acceptors (Lipinski definition) is 3. The smallest absolute Gasteiger partial charge is 0.366 e. The average Bonchev–Trinajstić information content (AvgIpc) is 3.16. The lowest BCUT2D eigenvalue weighted by Gasteiger charge is -2.13. The summed E-state index contributed by atoms with van der Waals surface area (Å²) in [6.45, 7) is 0. The number of benzene rings is 1. The highest BCUT2D eigenvalue weighted by molar-refractivity contribution is 6.00. The van der Waals surface area contributed by atoms with E-state index < -0.39 is 46.6 Å². The van der Waals surface area contributed by atoms with Crippen molar-refractivity contribution in [1.82, 2.24) is 14.8 Å². The molecular formula is C21H15F7N4O. The predicted molar refractivity (Wildman–Crippen MR) is 105 cm³/mol. The Bertz CT molecular complexity index is 1150. The number of rotatable bonds is 4. The van der Waals surface area contributed by atoms with Crippen LogP contribution in [0, 0.1) is 0 Å². The molecule has 0 unspecified atom stereocenters. The molecule has 0 fully saturated rings. The van der Waals surface area contributed by atoms with Crippen molar-refractivity contribution in [1.29, 1.82) is 0 Å². The Morgan fingerprint density at radius 2 is 1.70 bits per heavy atom. The van der Waals surface area contributed by atoms with Crippen LogP contribution in [0.15, 0.2) is 65.8 Å². The number of carbonyl (C=O) groups is 1. The van der Waals surface area contributed by atoms with Crippen molar-refractivity contribution >= 4 is 12.1 Å². The maximum absolute atomic E-state index is 13.9. The third-order valence-electron chi connectivity index (χ3n) is 4.47. The van der Waals surface area contributed by atoms with Gasteiger partial charge in [0.15, 0.2) is 5.82 Å². The summed E-state index contributed by atoms with van der Waals surface area (Å²) in [5.74, 6) is -1.93. The van der Waals surface area contributed by atoms with E-state index in [1.807, 2.05) is 0 Å². The predicted octanol–water partition coefficient (Wildman–Crippen LogP) is 5.44. The Morgan fingerprint density at radius 1 is 1.06 bits per heavy atom. The fourth-order valence-corrected chi connectivity index (χ4v) is 2.91. The summed E-state index contributed by atoms with van der Waals surface area (Å²) in [6.07, 6.45) is -1.73. The molecule has 174 valence electrons. The summed E-state index contributed by atoms with van der Waals surface area (Å²) in [4.78, 5) is 15.7. The Kier molecular flexibility index (Phi) is 6.56. The Balaban J connectivity index is 2.06. The van der Waals surface area contributed by atoms with E-state index in [2.05, 4.69) is 10.1 Å². The molecular weight excluding hydrogens is 457 g/mol. The van der Waals surface area contributed by atoms with Crippen LogP contribution in [-0.2, 0) is 17.1 Å². The highest BCUT2D eigenvalue weighted by Crippen LogP contribution is 2.38. The third kappa shape index (κ3) is 5.96. The number of nitrogens with zero attached hydrogens (tertiary/aromatic N) is 3. The van der Waals surface area contributed by atoms with Crippen molar-refractivity contribution in [2.75, 3.05) is 0 Å². The minimum Gasteiger partial charge on any atom is -0.366 e. The van der Waals surface area contributed by atoms with Gasteiger partial charge in [-0.15, -0.1) is 5.10 Å². The van der Waals surface area contributed by atoms with Gasteiger partial charge in [0.05, 0.1) is 16.7 Å². The average molecular weight is 472 g/mol. The molecule has 0 bridgehead atoms. The monoisotopic (exact) mass is 472 g/mol. The van der Waals surface area contributed by atoms with Gasteiger partial charge in [0.25, 0.3) is 5.91 Å². The molecule has 0 aliphatic heterocycles. The van der Waals surface area contributed by atoms with Gasteiger partial charge in [-0.05, 0) is 36.3 Å². The van der Waals surface area contributed by atoms with E-state index in [-0.39, 0.29) is 23.6 Å². The molecule has 33 heavy (non-hydrogen) atoms. The first-order valence-electron chi connectivity index (χ1n) is 9.30. The number of aromatic nitrogens is 3. The second-order valence-corrected chi connectivity index (χ2v) is 6.93. The number of primary amides is 1. The largest absolute Gasteiger partial charge is 0.416 e. The number of alkyl halides is 6. The molecule has 0 radical (unpaired) electrons. The fraction of sp³-hybridized carbons (Fsp3) is 0.190. The maximum Gasteiger partial charge on any atom is 0.416 e. The van der Waals surface area contributed by atoms with Crippen molar-refractivity contribution < 1.29 is 35.5 Å². The van der Waals surface area contributed by atoms with E-state index in [0.717, 1.165) is 23.3 Å². The van der Waals surface area contributed by atoms with Gasteiger partial charge in [0, 0.05) is 18.2 Å². The molecule has 12 heteroatoms. The topological polar surface area (TPSA) is 73.8 Å². The number of amides is 1. The molecule has 0 spiro atoms. The zero-order valence-corrected chi connectivity index (χ0v) is 16.6. The summed E-state index contributed by atoms with van der Waals surface area (Å²) in [5.41, 5.74) is 1.69. The van der Waals surface area contributed by atoms with E-state index in [9.17, 15) is 35.5 Å². The number of hydrogen-bond donors (Lipinski definition) is 1. The Hall–Kier alpha value is -3.70. The summed E-state index contributed by atoms with van der Waals surface area (Å²) in [7, 11) is 0. The molecule has 2 aromatic rings. The molecule has 1 amide bonds.